The van der Waals surface area contributed by atoms with Crippen molar-refractivity contribution in [2.75, 3.05) is 0 Å². The molecule has 0 amide bonds. The third kappa shape index (κ3) is 2.04. The molecule has 12 heavy (non-hydrogen) atoms. The molecule has 0 aliphatic carbocycles. The average molecular weight is 161 g/mol. The molecular formula is C9H11N3. The van der Waals surface area contributed by atoms with Gasteiger partial charge < -0.3 is 5.73 Å². The fourth-order valence-corrected chi connectivity index (χ4v) is 0.913. The van der Waals surface area contributed by atoms with Gasteiger partial charge in [-0.2, -0.15) is 0 Å². The zero-order valence-corrected chi connectivity index (χ0v) is 6.99. The normalized spacial score (nSPS) is 12.1. The Morgan fingerprint density at radius 3 is 3.08 bits per heavy atom. The first-order valence-electron chi connectivity index (χ1n) is 3.72. The van der Waals surface area contributed by atoms with Gasteiger partial charge in [0.05, 0.1) is 11.7 Å². The number of aromatic nitrogens is 2. The van der Waals surface area contributed by atoms with E-state index in [4.69, 9.17) is 12.2 Å². The lowest BCUT2D eigenvalue weighted by molar-refractivity contribution is 0.714. The minimum Gasteiger partial charge on any atom is -0.322 e. The minimum atomic E-state index is -0.170. The molecule has 0 aromatic carbocycles. The van der Waals surface area contributed by atoms with Gasteiger partial charge in [-0.1, -0.05) is 0 Å². The molecule has 0 fully saturated rings. The number of nitrogens with two attached hydrogens (primary N) is 1. The van der Waals surface area contributed by atoms with Crippen LogP contribution in [0.1, 0.15) is 24.0 Å². The topological polar surface area (TPSA) is 51.8 Å². The molecule has 2 N–H and O–H groups in total. The van der Waals surface area contributed by atoms with Crippen LogP contribution in [0.3, 0.4) is 0 Å². The number of rotatable bonds is 2. The van der Waals surface area contributed by atoms with Gasteiger partial charge in [0.1, 0.15) is 5.82 Å². The molecule has 3 nitrogen and oxygen atoms in total. The van der Waals surface area contributed by atoms with E-state index in [-0.39, 0.29) is 6.04 Å². The predicted octanol–water partition coefficient (Wildman–Crippen LogP) is 0.808. The van der Waals surface area contributed by atoms with Gasteiger partial charge in [0.15, 0.2) is 0 Å². The fraction of sp³-hybridized carbons (Fsp3) is 0.333. The molecule has 0 bridgehead atoms. The molecule has 3 heteroatoms. The van der Waals surface area contributed by atoms with Gasteiger partial charge in [-0.05, 0) is 13.0 Å². The molecule has 0 saturated heterocycles. The van der Waals surface area contributed by atoms with E-state index in [9.17, 15) is 0 Å². The molecule has 1 unspecified atom stereocenters. The molecule has 0 aliphatic heterocycles. The largest absolute Gasteiger partial charge is 0.322 e. The Labute approximate surface area is 72.0 Å². The first-order valence-corrected chi connectivity index (χ1v) is 3.72. The summed E-state index contributed by atoms with van der Waals surface area (Å²) >= 11 is 0. The van der Waals surface area contributed by atoms with Crippen LogP contribution in [0.2, 0.25) is 0 Å². The molecule has 0 radical (unpaired) electrons. The lowest BCUT2D eigenvalue weighted by Gasteiger charge is -2.06. The van der Waals surface area contributed by atoms with Crippen molar-refractivity contribution in [3.63, 3.8) is 0 Å². The Bertz CT molecular complexity index is 301. The van der Waals surface area contributed by atoms with Crippen LogP contribution in [-0.4, -0.2) is 9.97 Å². The van der Waals surface area contributed by atoms with Crippen LogP contribution in [0.25, 0.3) is 0 Å². The van der Waals surface area contributed by atoms with E-state index in [1.54, 1.807) is 12.3 Å². The summed E-state index contributed by atoms with van der Waals surface area (Å²) < 4.78 is 0. The highest BCUT2D eigenvalue weighted by Crippen LogP contribution is 2.08. The summed E-state index contributed by atoms with van der Waals surface area (Å²) in [6.07, 6.45) is 7.33. The Morgan fingerprint density at radius 2 is 2.50 bits per heavy atom. The van der Waals surface area contributed by atoms with Crippen LogP contribution in [0.4, 0.5) is 0 Å². The number of hydrogen-bond acceptors (Lipinski definition) is 3. The zero-order valence-electron chi connectivity index (χ0n) is 6.99. The molecule has 0 spiro atoms. The minimum absolute atomic E-state index is 0.170. The molecule has 1 heterocycles. The second kappa shape index (κ2) is 3.84. The highest BCUT2D eigenvalue weighted by atomic mass is 14.9. The van der Waals surface area contributed by atoms with Crippen LogP contribution in [-0.2, 0) is 0 Å². The molecule has 1 aromatic rings. The van der Waals surface area contributed by atoms with Crippen LogP contribution in [0.5, 0.6) is 0 Å². The summed E-state index contributed by atoms with van der Waals surface area (Å²) in [5.41, 5.74) is 6.55. The van der Waals surface area contributed by atoms with Crippen LogP contribution < -0.4 is 5.73 Å². The maximum atomic E-state index is 5.74. The monoisotopic (exact) mass is 161 g/mol. The SMILES string of the molecule is C#CCC(N)c1ccnc(C)n1. The Balaban J connectivity index is 2.82. The molecule has 1 aromatic heterocycles. The van der Waals surface area contributed by atoms with Gasteiger partial charge in [-0.15, -0.1) is 12.3 Å². The van der Waals surface area contributed by atoms with E-state index < -0.39 is 0 Å². The number of hydrogen-bond donors (Lipinski definition) is 1. The molecule has 62 valence electrons. The number of terminal acetylenes is 1. The van der Waals surface area contributed by atoms with Crippen molar-refractivity contribution in [1.82, 2.24) is 9.97 Å². The maximum Gasteiger partial charge on any atom is 0.125 e. The van der Waals surface area contributed by atoms with Gasteiger partial charge in [-0.3, -0.25) is 0 Å². The number of nitrogens with zero attached hydrogens (tertiary/aromatic N) is 2. The summed E-state index contributed by atoms with van der Waals surface area (Å²) in [4.78, 5) is 8.12. The van der Waals surface area contributed by atoms with Crippen LogP contribution >= 0.6 is 0 Å². The summed E-state index contributed by atoms with van der Waals surface area (Å²) in [5, 5.41) is 0. The van der Waals surface area contributed by atoms with Crippen molar-refractivity contribution in [3.8, 4) is 12.3 Å². The molecular weight excluding hydrogens is 150 g/mol. The van der Waals surface area contributed by atoms with Crippen molar-refractivity contribution in [2.45, 2.75) is 19.4 Å². The van der Waals surface area contributed by atoms with Crippen molar-refractivity contribution in [1.29, 1.82) is 0 Å². The van der Waals surface area contributed by atoms with E-state index in [1.165, 1.54) is 0 Å². The molecule has 1 atom stereocenters. The lowest BCUT2D eigenvalue weighted by Crippen LogP contribution is -2.11. The third-order valence-corrected chi connectivity index (χ3v) is 1.52. The molecule has 0 saturated carbocycles. The van der Waals surface area contributed by atoms with E-state index >= 15 is 0 Å². The third-order valence-electron chi connectivity index (χ3n) is 1.52. The van der Waals surface area contributed by atoms with E-state index in [1.807, 2.05) is 6.92 Å². The van der Waals surface area contributed by atoms with Gasteiger partial charge in [0.25, 0.3) is 0 Å². The van der Waals surface area contributed by atoms with Gasteiger partial charge in [0.2, 0.25) is 0 Å². The standard InChI is InChI=1S/C9H11N3/c1-3-4-8(10)9-5-6-11-7(2)12-9/h1,5-6,8H,4,10H2,2H3. The average Bonchev–Trinajstić information content (AvgIpc) is 2.05. The fourth-order valence-electron chi connectivity index (χ4n) is 0.913. The summed E-state index contributed by atoms with van der Waals surface area (Å²) in [5.74, 6) is 3.22. The van der Waals surface area contributed by atoms with E-state index in [2.05, 4.69) is 15.9 Å². The first kappa shape index (κ1) is 8.69. The summed E-state index contributed by atoms with van der Waals surface area (Å²) in [7, 11) is 0. The molecule has 1 rings (SSSR count). The van der Waals surface area contributed by atoms with Crippen LogP contribution in [0, 0.1) is 19.3 Å². The lowest BCUT2D eigenvalue weighted by atomic mass is 10.1. The van der Waals surface area contributed by atoms with Gasteiger partial charge in [0, 0.05) is 12.6 Å². The Morgan fingerprint density at radius 1 is 1.75 bits per heavy atom. The smallest absolute Gasteiger partial charge is 0.125 e. The molecule has 0 aliphatic rings. The Hall–Kier alpha value is -1.40. The highest BCUT2D eigenvalue weighted by molar-refractivity contribution is 5.09. The second-order valence-electron chi connectivity index (χ2n) is 2.54. The Kier molecular flexibility index (Phi) is 2.78. The predicted molar refractivity (Wildman–Crippen MR) is 47.1 cm³/mol. The van der Waals surface area contributed by atoms with E-state index in [0.29, 0.717) is 6.42 Å². The van der Waals surface area contributed by atoms with Crippen molar-refractivity contribution >= 4 is 0 Å². The van der Waals surface area contributed by atoms with E-state index in [0.717, 1.165) is 11.5 Å². The summed E-state index contributed by atoms with van der Waals surface area (Å²) in [6, 6.07) is 1.62. The highest BCUT2D eigenvalue weighted by Gasteiger charge is 2.05. The van der Waals surface area contributed by atoms with Crippen molar-refractivity contribution in [2.24, 2.45) is 5.73 Å². The van der Waals surface area contributed by atoms with Gasteiger partial charge in [-0.25, -0.2) is 9.97 Å². The second-order valence-corrected chi connectivity index (χ2v) is 2.54. The summed E-state index contributed by atoms with van der Waals surface area (Å²) in [6.45, 7) is 1.83. The first-order chi connectivity index (χ1) is 5.74. The number of aryl methyl sites for hydroxylation is 1. The van der Waals surface area contributed by atoms with Crippen LogP contribution in [0.15, 0.2) is 12.3 Å². The zero-order chi connectivity index (χ0) is 8.97. The maximum absolute atomic E-state index is 5.74. The van der Waals surface area contributed by atoms with Crippen molar-refractivity contribution in [3.05, 3.63) is 23.8 Å². The quantitative estimate of drug-likeness (QED) is 0.653. The van der Waals surface area contributed by atoms with Gasteiger partial charge >= 0.3 is 0 Å². The van der Waals surface area contributed by atoms with Crippen molar-refractivity contribution < 1.29 is 0 Å².